The van der Waals surface area contributed by atoms with Gasteiger partial charge in [0.15, 0.2) is 41.1 Å². The molecule has 3 fully saturated rings. The Morgan fingerprint density at radius 1 is 1.15 bits per heavy atom. The molecule has 1 spiro atoms. The van der Waals surface area contributed by atoms with E-state index in [-0.39, 0.29) is 41.1 Å². The highest BCUT2D eigenvalue weighted by Crippen LogP contribution is 2.72. The van der Waals surface area contributed by atoms with Gasteiger partial charge in [0.05, 0.1) is 12.0 Å². The van der Waals surface area contributed by atoms with Crippen molar-refractivity contribution in [3.8, 4) is 11.3 Å². The van der Waals surface area contributed by atoms with Crippen LogP contribution in [0.3, 0.4) is 0 Å². The smallest absolute Gasteiger partial charge is 0.361 e. The van der Waals surface area contributed by atoms with Crippen molar-refractivity contribution in [1.82, 2.24) is 4.98 Å². The molecule has 1 saturated heterocycles. The zero-order valence-electron chi connectivity index (χ0n) is 24.3. The van der Waals surface area contributed by atoms with Crippen LogP contribution in [0.4, 0.5) is 0 Å². The number of oxazole rings is 1. The van der Waals surface area contributed by atoms with Crippen molar-refractivity contribution in [1.29, 1.82) is 0 Å². The fourth-order valence-electron chi connectivity index (χ4n) is 8.65. The third-order valence-electron chi connectivity index (χ3n) is 10.7. The highest BCUT2D eigenvalue weighted by Gasteiger charge is 2.77. The van der Waals surface area contributed by atoms with Gasteiger partial charge in [-0.05, 0) is 61.5 Å². The van der Waals surface area contributed by atoms with E-state index in [0.29, 0.717) is 17.1 Å². The second-order valence-electron chi connectivity index (χ2n) is 13.7. The van der Waals surface area contributed by atoms with Gasteiger partial charge in [0, 0.05) is 11.5 Å². The molecule has 5 aliphatic rings. The number of esters is 1. The first kappa shape index (κ1) is 26.8. The lowest BCUT2D eigenvalue weighted by molar-refractivity contribution is -0.302. The van der Waals surface area contributed by atoms with Gasteiger partial charge in [0.2, 0.25) is 0 Å². The molecular formula is C33H37NO7. The van der Waals surface area contributed by atoms with Crippen molar-refractivity contribution in [2.75, 3.05) is 6.61 Å². The van der Waals surface area contributed by atoms with Crippen molar-refractivity contribution in [2.24, 2.45) is 34.5 Å². The summed E-state index contributed by atoms with van der Waals surface area (Å²) in [5, 5.41) is 13.2. The minimum Gasteiger partial charge on any atom is -0.450 e. The van der Waals surface area contributed by atoms with Crippen LogP contribution in [0.2, 0.25) is 0 Å². The van der Waals surface area contributed by atoms with Crippen molar-refractivity contribution < 1.29 is 33.3 Å². The van der Waals surface area contributed by atoms with E-state index in [1.165, 1.54) is 6.39 Å². The van der Waals surface area contributed by atoms with Crippen molar-refractivity contribution in [3.63, 3.8) is 0 Å². The Hall–Kier alpha value is -3.07. The van der Waals surface area contributed by atoms with Crippen LogP contribution in [0.25, 0.3) is 11.3 Å². The number of ketones is 1. The second-order valence-corrected chi connectivity index (χ2v) is 13.7. The molecule has 0 amide bonds. The number of hydrogen-bond acceptors (Lipinski definition) is 8. The Morgan fingerprint density at radius 3 is 2.61 bits per heavy atom. The number of aliphatic hydroxyl groups is 1. The predicted octanol–water partition coefficient (Wildman–Crippen LogP) is 5.13. The van der Waals surface area contributed by atoms with E-state index >= 15 is 0 Å². The fraction of sp³-hybridized carbons (Fsp3) is 0.545. The van der Waals surface area contributed by atoms with Crippen molar-refractivity contribution in [3.05, 3.63) is 65.7 Å². The molecule has 8 atom stereocenters. The summed E-state index contributed by atoms with van der Waals surface area (Å²) < 4.78 is 24.3. The fourth-order valence-corrected chi connectivity index (χ4v) is 8.65. The maximum Gasteiger partial charge on any atom is 0.361 e. The number of benzene rings is 1. The number of allylic oxidation sites excluding steroid dienone is 1. The molecule has 7 rings (SSSR count). The van der Waals surface area contributed by atoms with Gasteiger partial charge in [-0.15, -0.1) is 0 Å². The number of carbonyl (C=O) groups excluding carboxylic acids is 2. The average Bonchev–Trinajstić information content (AvgIpc) is 3.21. The number of hydrogen-bond donors (Lipinski definition) is 1. The second kappa shape index (κ2) is 8.49. The molecule has 8 heteroatoms. The lowest BCUT2D eigenvalue weighted by Gasteiger charge is -2.52. The summed E-state index contributed by atoms with van der Waals surface area (Å²) in [5.74, 6) is -1.59. The number of nitrogens with zero attached hydrogens (tertiary/aromatic N) is 1. The Balaban J connectivity index is 1.35. The Bertz CT molecular complexity index is 1500. The summed E-state index contributed by atoms with van der Waals surface area (Å²) in [6, 6.07) is 9.19. The summed E-state index contributed by atoms with van der Waals surface area (Å²) in [6.07, 6.45) is 3.80. The molecule has 1 aromatic heterocycles. The van der Waals surface area contributed by atoms with Gasteiger partial charge in [-0.3, -0.25) is 4.79 Å². The van der Waals surface area contributed by atoms with E-state index in [9.17, 15) is 14.7 Å². The van der Waals surface area contributed by atoms with E-state index in [0.717, 1.165) is 12.0 Å². The number of aromatic nitrogens is 1. The number of fused-ring (bicyclic) bond motifs is 5. The monoisotopic (exact) mass is 559 g/mol. The highest BCUT2D eigenvalue weighted by atomic mass is 16.7. The Morgan fingerprint density at radius 2 is 1.88 bits per heavy atom. The van der Waals surface area contributed by atoms with Crippen molar-refractivity contribution in [2.45, 2.75) is 71.6 Å². The van der Waals surface area contributed by atoms with Gasteiger partial charge in [0.25, 0.3) is 0 Å². The van der Waals surface area contributed by atoms with Gasteiger partial charge in [-0.2, -0.15) is 0 Å². The molecule has 1 N–H and O–H groups in total. The van der Waals surface area contributed by atoms with Crippen LogP contribution < -0.4 is 0 Å². The Labute approximate surface area is 239 Å². The van der Waals surface area contributed by atoms with E-state index < -0.39 is 40.9 Å². The third kappa shape index (κ3) is 3.47. The topological polar surface area (TPSA) is 108 Å². The SMILES string of the molecule is CC1=CC23C(=O)[C@@H](C=C4COC(C)(C)O[C@H]4[C@]2(O)[C@H]1OC(=O)c1ncoc1-c1ccccc1)[C@H]1[C@@H](CC3C)C1(C)C. The third-order valence-corrected chi connectivity index (χ3v) is 10.7. The number of Topliss-reactive ketones (excluding diaryl/α,β-unsaturated/α-hetero) is 1. The average molecular weight is 560 g/mol. The molecule has 41 heavy (non-hydrogen) atoms. The minimum absolute atomic E-state index is 0.00674. The first-order valence-electron chi connectivity index (χ1n) is 14.5. The zero-order valence-corrected chi connectivity index (χ0v) is 24.3. The molecular weight excluding hydrogens is 522 g/mol. The number of rotatable bonds is 3. The van der Waals surface area contributed by atoms with Gasteiger partial charge < -0.3 is 23.7 Å². The molecule has 4 aliphatic carbocycles. The molecule has 1 aromatic carbocycles. The number of carbonyl (C=O) groups is 2. The van der Waals surface area contributed by atoms with Crippen LogP contribution in [-0.2, 0) is 19.0 Å². The molecule has 2 heterocycles. The minimum atomic E-state index is -1.89. The molecule has 8 nitrogen and oxygen atoms in total. The van der Waals surface area contributed by atoms with Crippen LogP contribution in [0, 0.1) is 34.5 Å². The summed E-state index contributed by atoms with van der Waals surface area (Å²) in [6.45, 7) is 12.1. The van der Waals surface area contributed by atoms with E-state index in [2.05, 4.69) is 18.8 Å². The highest BCUT2D eigenvalue weighted by molar-refractivity contribution is 5.97. The molecule has 2 saturated carbocycles. The normalized spacial score (nSPS) is 39.7. The first-order valence-corrected chi connectivity index (χ1v) is 14.5. The lowest BCUT2D eigenvalue weighted by atomic mass is 9.59. The van der Waals surface area contributed by atoms with Crippen LogP contribution >= 0.6 is 0 Å². The van der Waals surface area contributed by atoms with Gasteiger partial charge in [-0.25, -0.2) is 9.78 Å². The maximum atomic E-state index is 14.8. The zero-order chi connectivity index (χ0) is 29.1. The molecule has 2 bridgehead atoms. The summed E-state index contributed by atoms with van der Waals surface area (Å²) in [5.41, 5.74) is -1.15. The Kier molecular flexibility index (Phi) is 5.55. The maximum absolute atomic E-state index is 14.8. The summed E-state index contributed by atoms with van der Waals surface area (Å²) in [7, 11) is 0. The van der Waals surface area contributed by atoms with Gasteiger partial charge in [0.1, 0.15) is 6.10 Å². The predicted molar refractivity (Wildman–Crippen MR) is 148 cm³/mol. The van der Waals surface area contributed by atoms with Crippen LogP contribution in [0.1, 0.15) is 58.5 Å². The standard InChI is InChI=1S/C33H37NO7/c1-17-14-32-18(2)12-22-23(30(22,3)4)21(26(32)35)13-20-15-39-31(5,6)41-28(20)33(32,37)27(17)40-29(36)24-25(38-16-34-24)19-10-8-7-9-11-19/h7-11,13-14,16,18,21-23,27-28,37H,12,15H2,1-6H3/t18?,21-,22+,23-,27-,28+,32?,33+/m0/s1. The molecule has 216 valence electrons. The molecule has 1 aliphatic heterocycles. The van der Waals surface area contributed by atoms with Crippen LogP contribution in [0.5, 0.6) is 0 Å². The van der Waals surface area contributed by atoms with E-state index in [1.807, 2.05) is 56.3 Å². The summed E-state index contributed by atoms with van der Waals surface area (Å²) >= 11 is 0. The van der Waals surface area contributed by atoms with E-state index in [1.54, 1.807) is 13.8 Å². The molecule has 0 radical (unpaired) electrons. The van der Waals surface area contributed by atoms with Crippen LogP contribution in [0.15, 0.2) is 64.4 Å². The molecule has 2 unspecified atom stereocenters. The van der Waals surface area contributed by atoms with Crippen LogP contribution in [-0.4, -0.2) is 52.0 Å². The molecule has 2 aromatic rings. The van der Waals surface area contributed by atoms with Gasteiger partial charge in [-0.1, -0.05) is 63.3 Å². The quantitative estimate of drug-likeness (QED) is 0.407. The number of ether oxygens (including phenoxy) is 3. The first-order chi connectivity index (χ1) is 19.3. The van der Waals surface area contributed by atoms with Crippen molar-refractivity contribution >= 4 is 11.8 Å². The summed E-state index contributed by atoms with van der Waals surface area (Å²) in [4.78, 5) is 32.8. The van der Waals surface area contributed by atoms with E-state index in [4.69, 9.17) is 18.6 Å². The van der Waals surface area contributed by atoms with Gasteiger partial charge >= 0.3 is 5.97 Å². The lowest BCUT2D eigenvalue weighted by Crippen LogP contribution is -2.68. The largest absolute Gasteiger partial charge is 0.450 e.